The average molecular weight is 237 g/mol. The highest BCUT2D eigenvalue weighted by Gasteiger charge is 2.19. The van der Waals surface area contributed by atoms with Gasteiger partial charge in [0.15, 0.2) is 6.04 Å². The molecule has 98 valence electrons. The summed E-state index contributed by atoms with van der Waals surface area (Å²) < 4.78 is 2.24. The van der Waals surface area contributed by atoms with Crippen molar-refractivity contribution in [3.05, 3.63) is 0 Å². The second-order valence-corrected chi connectivity index (χ2v) is 5.42. The Hall–Kier alpha value is -0.620. The molecular formula is C15H29N2+. The van der Waals surface area contributed by atoms with Crippen LogP contribution < -0.4 is 0 Å². The molecule has 0 aromatic heterocycles. The highest BCUT2D eigenvalue weighted by Crippen LogP contribution is 2.20. The van der Waals surface area contributed by atoms with Gasteiger partial charge in [-0.05, 0) is 56.4 Å². The van der Waals surface area contributed by atoms with Crippen molar-refractivity contribution in [3.63, 3.8) is 0 Å². The lowest BCUT2D eigenvalue weighted by Crippen LogP contribution is -2.25. The zero-order chi connectivity index (χ0) is 11.2. The van der Waals surface area contributed by atoms with Crippen LogP contribution in [-0.4, -0.2) is 29.7 Å². The molecule has 2 rings (SSSR count). The first-order valence-corrected chi connectivity index (χ1v) is 7.04. The fourth-order valence-corrected chi connectivity index (χ4v) is 2.93. The van der Waals surface area contributed by atoms with Crippen molar-refractivity contribution in [3.8, 4) is 0 Å². The van der Waals surface area contributed by atoms with E-state index in [2.05, 4.69) is 22.6 Å². The van der Waals surface area contributed by atoms with Crippen LogP contribution in [0.3, 0.4) is 0 Å². The molecule has 0 radical (unpaired) electrons. The molecule has 0 aromatic carbocycles. The van der Waals surface area contributed by atoms with Crippen molar-refractivity contribution in [2.45, 2.75) is 83.7 Å². The van der Waals surface area contributed by atoms with E-state index in [1.54, 1.807) is 0 Å². The number of nitrogens with zero attached hydrogens (tertiary/aromatic N) is 2. The lowest BCUT2D eigenvalue weighted by atomic mass is 9.95. The Morgan fingerprint density at radius 3 is 2.00 bits per heavy atom. The molecule has 2 nitrogen and oxygen atoms in total. The summed E-state index contributed by atoms with van der Waals surface area (Å²) >= 11 is 0. The quantitative estimate of drug-likeness (QED) is 0.507. The average Bonchev–Trinajstić information content (AvgIpc) is 2.38. The highest BCUT2D eigenvalue weighted by atomic mass is 15.0. The summed E-state index contributed by atoms with van der Waals surface area (Å²) in [6.07, 6.45) is 13.6. The van der Waals surface area contributed by atoms with Crippen LogP contribution in [0.25, 0.3) is 0 Å². The summed E-state index contributed by atoms with van der Waals surface area (Å²) in [5, 5.41) is 0. The minimum Gasteiger partial charge on any atom is -0.220 e. The van der Waals surface area contributed by atoms with Gasteiger partial charge in [-0.25, -0.2) is 4.58 Å². The Labute approximate surface area is 107 Å². The van der Waals surface area contributed by atoms with Gasteiger partial charge in [-0.2, -0.15) is 0 Å². The monoisotopic (exact) mass is 237 g/mol. The number of hydrogen-bond donors (Lipinski definition) is 0. The molecule has 2 aliphatic rings. The van der Waals surface area contributed by atoms with Gasteiger partial charge in [0, 0.05) is 0 Å². The van der Waals surface area contributed by atoms with Crippen LogP contribution in [0.2, 0.25) is 0 Å². The van der Waals surface area contributed by atoms with Crippen molar-refractivity contribution in [1.82, 2.24) is 0 Å². The first-order valence-electron chi connectivity index (χ1n) is 7.04. The number of aliphatic imine (C=N–C) groups is 1. The van der Waals surface area contributed by atoms with E-state index in [1.807, 2.05) is 0 Å². The minimum atomic E-state index is 0. The van der Waals surface area contributed by atoms with E-state index in [-0.39, 0.29) is 7.43 Å². The van der Waals surface area contributed by atoms with Crippen molar-refractivity contribution >= 4 is 6.01 Å². The fourth-order valence-electron chi connectivity index (χ4n) is 2.93. The van der Waals surface area contributed by atoms with Crippen LogP contribution >= 0.6 is 0 Å². The maximum Gasteiger partial charge on any atom is 0.306 e. The second-order valence-electron chi connectivity index (χ2n) is 5.42. The van der Waals surface area contributed by atoms with E-state index in [0.29, 0.717) is 12.1 Å². The van der Waals surface area contributed by atoms with E-state index in [9.17, 15) is 0 Å². The first-order chi connectivity index (χ1) is 7.86. The van der Waals surface area contributed by atoms with Gasteiger partial charge in [0.2, 0.25) is 0 Å². The van der Waals surface area contributed by atoms with Crippen LogP contribution in [0.5, 0.6) is 0 Å². The summed E-state index contributed by atoms with van der Waals surface area (Å²) in [5.74, 6) is 0. The smallest absolute Gasteiger partial charge is 0.220 e. The molecule has 0 aliphatic heterocycles. The standard InChI is InChI=1S/C14H25N2.CH4/c1-16(14-10-6-3-7-11-14)12-15-13-8-4-2-5-9-13;/h13-14H,2-11H2,1H3;1H4/q+1;. The Bertz CT molecular complexity index is 265. The molecule has 0 bridgehead atoms. The van der Waals surface area contributed by atoms with E-state index < -0.39 is 0 Å². The van der Waals surface area contributed by atoms with Gasteiger partial charge in [-0.1, -0.05) is 20.3 Å². The van der Waals surface area contributed by atoms with E-state index in [4.69, 9.17) is 0 Å². The van der Waals surface area contributed by atoms with Gasteiger partial charge in [0.05, 0.1) is 7.05 Å². The third-order valence-corrected chi connectivity index (χ3v) is 4.10. The van der Waals surface area contributed by atoms with Crippen LogP contribution in [0.1, 0.15) is 71.6 Å². The van der Waals surface area contributed by atoms with Crippen LogP contribution in [0.15, 0.2) is 4.99 Å². The zero-order valence-corrected chi connectivity index (χ0v) is 10.6. The van der Waals surface area contributed by atoms with E-state index >= 15 is 0 Å². The van der Waals surface area contributed by atoms with Gasteiger partial charge >= 0.3 is 6.01 Å². The normalized spacial score (nSPS) is 22.4. The Morgan fingerprint density at radius 1 is 0.882 bits per heavy atom. The molecule has 0 N–H and O–H groups in total. The van der Waals surface area contributed by atoms with Gasteiger partial charge in [0.1, 0.15) is 6.04 Å². The predicted molar refractivity (Wildman–Crippen MR) is 74.1 cm³/mol. The minimum absolute atomic E-state index is 0. The number of hydrogen-bond acceptors (Lipinski definition) is 1. The highest BCUT2D eigenvalue weighted by molar-refractivity contribution is 5.34. The van der Waals surface area contributed by atoms with Crippen LogP contribution in [0.4, 0.5) is 0 Å². The Balaban J connectivity index is 0.00000144. The first kappa shape index (κ1) is 14.4. The Morgan fingerprint density at radius 2 is 1.41 bits per heavy atom. The van der Waals surface area contributed by atoms with Gasteiger partial charge in [0.25, 0.3) is 0 Å². The summed E-state index contributed by atoms with van der Waals surface area (Å²) in [6, 6.07) is 4.56. The summed E-state index contributed by atoms with van der Waals surface area (Å²) in [7, 11) is 2.16. The summed E-state index contributed by atoms with van der Waals surface area (Å²) in [6.45, 7) is 0. The van der Waals surface area contributed by atoms with Crippen molar-refractivity contribution in [2.24, 2.45) is 4.99 Å². The van der Waals surface area contributed by atoms with Gasteiger partial charge < -0.3 is 0 Å². The maximum atomic E-state index is 4.63. The third-order valence-electron chi connectivity index (χ3n) is 4.10. The van der Waals surface area contributed by atoms with Gasteiger partial charge in [-0.15, -0.1) is 0 Å². The van der Waals surface area contributed by atoms with E-state index in [0.717, 1.165) is 0 Å². The Kier molecular flexibility index (Phi) is 6.50. The summed E-state index contributed by atoms with van der Waals surface area (Å²) in [4.78, 5) is 4.63. The van der Waals surface area contributed by atoms with E-state index in [1.165, 1.54) is 64.2 Å². The fraction of sp³-hybridized carbons (Fsp3) is 0.933. The second kappa shape index (κ2) is 7.66. The van der Waals surface area contributed by atoms with Crippen molar-refractivity contribution in [2.75, 3.05) is 7.05 Å². The molecule has 0 aromatic rings. The molecule has 0 unspecified atom stereocenters. The zero-order valence-electron chi connectivity index (χ0n) is 10.6. The maximum absolute atomic E-state index is 4.63. The third kappa shape index (κ3) is 4.63. The number of rotatable bonds is 2. The predicted octanol–water partition coefficient (Wildman–Crippen LogP) is 4.10. The van der Waals surface area contributed by atoms with Gasteiger partial charge in [-0.3, -0.25) is 0 Å². The molecule has 0 atom stereocenters. The van der Waals surface area contributed by atoms with Crippen molar-refractivity contribution in [1.29, 1.82) is 0 Å². The molecule has 0 spiro atoms. The largest absolute Gasteiger partial charge is 0.306 e. The molecule has 0 heterocycles. The topological polar surface area (TPSA) is 15.4 Å². The van der Waals surface area contributed by atoms with Crippen LogP contribution in [0, 0.1) is 0 Å². The molecule has 17 heavy (non-hydrogen) atoms. The van der Waals surface area contributed by atoms with Crippen molar-refractivity contribution < 1.29 is 4.58 Å². The molecule has 0 amide bonds. The molecule has 2 fully saturated rings. The van der Waals surface area contributed by atoms with Crippen LogP contribution in [-0.2, 0) is 0 Å². The molecular weight excluding hydrogens is 208 g/mol. The molecule has 2 saturated carbocycles. The summed E-state index contributed by atoms with van der Waals surface area (Å²) in [5.41, 5.74) is 0. The lowest BCUT2D eigenvalue weighted by Gasteiger charge is -2.18. The lowest BCUT2D eigenvalue weighted by molar-refractivity contribution is -0.536. The SMILES string of the molecule is C.C[N+](=C=NC1CCCCC1)C1CCCCC1. The molecule has 2 aliphatic carbocycles. The molecule has 0 saturated heterocycles. The molecule has 2 heteroatoms.